The topological polar surface area (TPSA) is 101 Å². The molecule has 0 radical (unpaired) electrons. The number of halogens is 1. The standard InChI is InChI=1S/C20H16ClN5O3/c21-14-5-2-1-4-12(14)10-26-11-13(8-18(26)27)19-22-20(29-25-19)16-9-15(23-24-16)17-6-3-7-28-17/h1-7,9,13H,8,10-11H2,(H,23,24). The molecule has 1 aromatic carbocycles. The van der Waals surface area contributed by atoms with E-state index in [4.69, 9.17) is 20.5 Å². The van der Waals surface area contributed by atoms with E-state index in [0.29, 0.717) is 53.4 Å². The number of likely N-dealkylation sites (tertiary alicyclic amines) is 1. The minimum atomic E-state index is -0.130. The number of furan rings is 1. The van der Waals surface area contributed by atoms with Gasteiger partial charge in [-0.05, 0) is 23.8 Å². The Balaban J connectivity index is 1.31. The summed E-state index contributed by atoms with van der Waals surface area (Å²) in [4.78, 5) is 18.7. The zero-order valence-corrected chi connectivity index (χ0v) is 16.0. The van der Waals surface area contributed by atoms with Crippen LogP contribution in [0.1, 0.15) is 23.7 Å². The maximum Gasteiger partial charge on any atom is 0.275 e. The van der Waals surface area contributed by atoms with Crippen LogP contribution in [0, 0.1) is 0 Å². The lowest BCUT2D eigenvalue weighted by molar-refractivity contribution is -0.128. The summed E-state index contributed by atoms with van der Waals surface area (Å²) in [6.07, 6.45) is 1.92. The normalized spacial score (nSPS) is 16.7. The van der Waals surface area contributed by atoms with Gasteiger partial charge in [0, 0.05) is 36.5 Å². The highest BCUT2D eigenvalue weighted by atomic mass is 35.5. The first-order chi connectivity index (χ1) is 14.2. The number of aromatic nitrogens is 4. The van der Waals surface area contributed by atoms with Gasteiger partial charge in [0.15, 0.2) is 11.6 Å². The van der Waals surface area contributed by atoms with Gasteiger partial charge in [-0.1, -0.05) is 35.0 Å². The van der Waals surface area contributed by atoms with E-state index >= 15 is 0 Å². The van der Waals surface area contributed by atoms with Crippen LogP contribution in [0.15, 0.2) is 57.7 Å². The number of H-pyrrole nitrogens is 1. The molecule has 29 heavy (non-hydrogen) atoms. The van der Waals surface area contributed by atoms with Crippen molar-refractivity contribution in [2.75, 3.05) is 6.54 Å². The van der Waals surface area contributed by atoms with E-state index in [-0.39, 0.29) is 11.8 Å². The summed E-state index contributed by atoms with van der Waals surface area (Å²) in [5, 5.41) is 11.8. The molecule has 1 amide bonds. The second-order valence-corrected chi connectivity index (χ2v) is 7.28. The maximum absolute atomic E-state index is 12.5. The lowest BCUT2D eigenvalue weighted by atomic mass is 10.1. The summed E-state index contributed by atoms with van der Waals surface area (Å²) < 4.78 is 10.7. The Kier molecular flexibility index (Phi) is 4.40. The van der Waals surface area contributed by atoms with Crippen LogP contribution in [-0.4, -0.2) is 37.7 Å². The van der Waals surface area contributed by atoms with Crippen molar-refractivity contribution in [3.63, 3.8) is 0 Å². The fourth-order valence-corrected chi connectivity index (χ4v) is 3.62. The smallest absolute Gasteiger partial charge is 0.275 e. The van der Waals surface area contributed by atoms with Crippen LogP contribution in [0.3, 0.4) is 0 Å². The maximum atomic E-state index is 12.5. The van der Waals surface area contributed by atoms with Gasteiger partial charge in [-0.15, -0.1) is 0 Å². The summed E-state index contributed by atoms with van der Waals surface area (Å²) in [5.74, 6) is 1.38. The third kappa shape index (κ3) is 3.42. The SMILES string of the molecule is O=C1CC(c2noc(-c3cc(-c4ccco4)n[nH]3)n2)CN1Cc1ccccc1Cl. The molecule has 0 aliphatic carbocycles. The Morgan fingerprint density at radius 1 is 1.24 bits per heavy atom. The molecule has 1 aliphatic heterocycles. The monoisotopic (exact) mass is 409 g/mol. The quantitative estimate of drug-likeness (QED) is 0.536. The number of carbonyl (C=O) groups excluding carboxylic acids is 1. The number of carbonyl (C=O) groups is 1. The van der Waals surface area contributed by atoms with Gasteiger partial charge in [0.05, 0.1) is 6.26 Å². The van der Waals surface area contributed by atoms with Crippen LogP contribution >= 0.6 is 11.6 Å². The molecule has 1 atom stereocenters. The van der Waals surface area contributed by atoms with Crippen molar-refractivity contribution in [1.29, 1.82) is 0 Å². The summed E-state index contributed by atoms with van der Waals surface area (Å²) in [6.45, 7) is 0.983. The van der Waals surface area contributed by atoms with Crippen LogP contribution in [-0.2, 0) is 11.3 Å². The second kappa shape index (κ2) is 7.21. The minimum Gasteiger partial charge on any atom is -0.463 e. The third-order valence-electron chi connectivity index (χ3n) is 4.92. The minimum absolute atomic E-state index is 0.0444. The van der Waals surface area contributed by atoms with E-state index in [1.54, 1.807) is 23.3 Å². The zero-order valence-electron chi connectivity index (χ0n) is 15.2. The van der Waals surface area contributed by atoms with Crippen LogP contribution in [0.5, 0.6) is 0 Å². The molecule has 5 rings (SSSR count). The van der Waals surface area contributed by atoms with E-state index < -0.39 is 0 Å². The molecule has 1 N–H and O–H groups in total. The second-order valence-electron chi connectivity index (χ2n) is 6.87. The highest BCUT2D eigenvalue weighted by molar-refractivity contribution is 6.31. The van der Waals surface area contributed by atoms with Gasteiger partial charge in [-0.2, -0.15) is 10.1 Å². The van der Waals surface area contributed by atoms with Crippen LogP contribution in [0.25, 0.3) is 23.0 Å². The van der Waals surface area contributed by atoms with Crippen molar-refractivity contribution in [2.24, 2.45) is 0 Å². The van der Waals surface area contributed by atoms with Crippen molar-refractivity contribution < 1.29 is 13.7 Å². The van der Waals surface area contributed by atoms with E-state index in [1.807, 2.05) is 30.3 Å². The molecule has 4 aromatic rings. The first-order valence-electron chi connectivity index (χ1n) is 9.12. The van der Waals surface area contributed by atoms with Crippen molar-refractivity contribution in [1.82, 2.24) is 25.2 Å². The van der Waals surface area contributed by atoms with Crippen molar-refractivity contribution in [3.8, 4) is 23.0 Å². The Labute approximate surface area is 170 Å². The Morgan fingerprint density at radius 2 is 2.14 bits per heavy atom. The number of benzene rings is 1. The van der Waals surface area contributed by atoms with Crippen molar-refractivity contribution in [3.05, 3.63) is 65.1 Å². The third-order valence-corrected chi connectivity index (χ3v) is 5.29. The van der Waals surface area contributed by atoms with Crippen molar-refractivity contribution >= 4 is 17.5 Å². The lowest BCUT2D eigenvalue weighted by Crippen LogP contribution is -2.24. The molecule has 1 unspecified atom stereocenters. The molecule has 1 aliphatic rings. The Hall–Kier alpha value is -3.39. The highest BCUT2D eigenvalue weighted by Gasteiger charge is 2.34. The first-order valence-corrected chi connectivity index (χ1v) is 9.49. The zero-order chi connectivity index (χ0) is 19.8. The van der Waals surface area contributed by atoms with E-state index in [0.717, 1.165) is 5.56 Å². The van der Waals surface area contributed by atoms with Gasteiger partial charge in [-0.25, -0.2) is 0 Å². The molecule has 146 valence electrons. The van der Waals surface area contributed by atoms with E-state index in [1.165, 1.54) is 0 Å². The first kappa shape index (κ1) is 17.7. The van der Waals surface area contributed by atoms with Gasteiger partial charge >= 0.3 is 0 Å². The molecular weight excluding hydrogens is 394 g/mol. The molecule has 9 heteroatoms. The summed E-state index contributed by atoms with van der Waals surface area (Å²) in [5.41, 5.74) is 2.15. The van der Waals surface area contributed by atoms with E-state index in [9.17, 15) is 4.79 Å². The molecule has 0 saturated carbocycles. The van der Waals surface area contributed by atoms with Crippen LogP contribution in [0.2, 0.25) is 5.02 Å². The highest BCUT2D eigenvalue weighted by Crippen LogP contribution is 2.30. The molecule has 0 spiro atoms. The number of hydrogen-bond donors (Lipinski definition) is 1. The fraction of sp³-hybridized carbons (Fsp3) is 0.200. The molecule has 3 aromatic heterocycles. The van der Waals surface area contributed by atoms with Gasteiger partial charge in [0.25, 0.3) is 5.89 Å². The average molecular weight is 410 g/mol. The predicted molar refractivity (Wildman–Crippen MR) is 104 cm³/mol. The summed E-state index contributed by atoms with van der Waals surface area (Å²) in [7, 11) is 0. The van der Waals surface area contributed by atoms with Gasteiger partial charge in [0.1, 0.15) is 11.4 Å². The number of nitrogens with one attached hydrogen (secondary N) is 1. The molecule has 1 fully saturated rings. The number of rotatable bonds is 5. The molecule has 8 nitrogen and oxygen atoms in total. The van der Waals surface area contributed by atoms with Crippen LogP contribution < -0.4 is 0 Å². The lowest BCUT2D eigenvalue weighted by Gasteiger charge is -2.16. The Morgan fingerprint density at radius 3 is 2.97 bits per heavy atom. The Bertz CT molecular complexity index is 1150. The summed E-state index contributed by atoms with van der Waals surface area (Å²) >= 11 is 6.22. The van der Waals surface area contributed by atoms with Gasteiger partial charge in [0.2, 0.25) is 5.91 Å². The van der Waals surface area contributed by atoms with Gasteiger partial charge < -0.3 is 13.8 Å². The predicted octanol–water partition coefficient (Wildman–Crippen LogP) is 3.89. The molecule has 4 heterocycles. The molecule has 1 saturated heterocycles. The van der Waals surface area contributed by atoms with E-state index in [2.05, 4.69) is 20.3 Å². The summed E-state index contributed by atoms with van der Waals surface area (Å²) in [6, 6.07) is 12.9. The van der Waals surface area contributed by atoms with Crippen LogP contribution in [0.4, 0.5) is 0 Å². The number of aromatic amines is 1. The molecule has 0 bridgehead atoms. The fourth-order valence-electron chi connectivity index (χ4n) is 3.42. The van der Waals surface area contributed by atoms with Crippen molar-refractivity contribution in [2.45, 2.75) is 18.9 Å². The number of amides is 1. The largest absolute Gasteiger partial charge is 0.463 e. The number of hydrogen-bond acceptors (Lipinski definition) is 6. The molecular formula is C20H16ClN5O3. The average Bonchev–Trinajstić information content (AvgIpc) is 3.51. The van der Waals surface area contributed by atoms with Gasteiger partial charge in [-0.3, -0.25) is 9.89 Å². The number of nitrogens with zero attached hydrogens (tertiary/aromatic N) is 4.